The van der Waals surface area contributed by atoms with E-state index in [4.69, 9.17) is 25.5 Å². The van der Waals surface area contributed by atoms with Crippen LogP contribution in [-0.2, 0) is 13.9 Å². The van der Waals surface area contributed by atoms with E-state index in [2.05, 4.69) is 53.4 Å². The highest BCUT2D eigenvalue weighted by molar-refractivity contribution is 6.74. The van der Waals surface area contributed by atoms with Crippen LogP contribution in [0.3, 0.4) is 0 Å². The molecular formula is C21H33ClN4O3Si. The fourth-order valence-corrected chi connectivity index (χ4v) is 5.60. The van der Waals surface area contributed by atoms with Gasteiger partial charge in [0, 0.05) is 6.61 Å². The summed E-state index contributed by atoms with van der Waals surface area (Å²) in [5.41, 5.74) is 1.36. The van der Waals surface area contributed by atoms with Crippen LogP contribution in [0.1, 0.15) is 53.5 Å². The molecule has 7 nitrogen and oxygen atoms in total. The average molecular weight is 453 g/mol. The molecule has 0 radical (unpaired) electrons. The van der Waals surface area contributed by atoms with Crippen LogP contribution in [0.15, 0.2) is 12.7 Å². The Balaban J connectivity index is 1.55. The molecule has 30 heavy (non-hydrogen) atoms. The first kappa shape index (κ1) is 22.1. The van der Waals surface area contributed by atoms with Crippen LogP contribution >= 0.6 is 11.6 Å². The third-order valence-corrected chi connectivity index (χ3v) is 11.8. The predicted molar refractivity (Wildman–Crippen MR) is 119 cm³/mol. The molecule has 2 aromatic rings. The second-order valence-electron chi connectivity index (χ2n) is 10.5. The summed E-state index contributed by atoms with van der Waals surface area (Å²) in [7, 11) is -1.77. The Morgan fingerprint density at radius 3 is 2.60 bits per heavy atom. The number of fused-ring (bicyclic) bond motifs is 2. The van der Waals surface area contributed by atoms with Crippen molar-refractivity contribution in [1.29, 1.82) is 0 Å². The first-order valence-electron chi connectivity index (χ1n) is 10.7. The zero-order chi connectivity index (χ0) is 21.9. The lowest BCUT2D eigenvalue weighted by Gasteiger charge is -2.36. The van der Waals surface area contributed by atoms with Gasteiger partial charge in [-0.1, -0.05) is 32.4 Å². The highest BCUT2D eigenvalue weighted by Gasteiger charge is 2.54. The molecule has 2 aromatic heterocycles. The molecule has 9 heteroatoms. The number of nitrogens with zero attached hydrogens (tertiary/aromatic N) is 4. The van der Waals surface area contributed by atoms with Crippen LogP contribution in [-0.4, -0.2) is 52.4 Å². The quantitative estimate of drug-likeness (QED) is 0.471. The van der Waals surface area contributed by atoms with Gasteiger partial charge >= 0.3 is 0 Å². The van der Waals surface area contributed by atoms with Gasteiger partial charge in [-0.3, -0.25) is 0 Å². The summed E-state index contributed by atoms with van der Waals surface area (Å²) in [6, 6.07) is 0.0885. The molecule has 0 aromatic carbocycles. The third-order valence-electron chi connectivity index (χ3n) is 6.98. The van der Waals surface area contributed by atoms with Crippen molar-refractivity contribution in [3.05, 3.63) is 17.8 Å². The summed E-state index contributed by atoms with van der Waals surface area (Å²) < 4.78 is 21.2. The normalized spacial score (nSPS) is 28.9. The summed E-state index contributed by atoms with van der Waals surface area (Å²) in [4.78, 5) is 12.9. The van der Waals surface area contributed by atoms with Gasteiger partial charge in [-0.2, -0.15) is 0 Å². The zero-order valence-electron chi connectivity index (χ0n) is 19.0. The third kappa shape index (κ3) is 3.93. The van der Waals surface area contributed by atoms with Crippen LogP contribution in [0, 0.1) is 5.92 Å². The van der Waals surface area contributed by atoms with Gasteiger partial charge in [0.25, 0.3) is 0 Å². The topological polar surface area (TPSA) is 71.3 Å². The minimum absolute atomic E-state index is 0.0303. The molecule has 2 aliphatic rings. The van der Waals surface area contributed by atoms with Gasteiger partial charge < -0.3 is 18.5 Å². The van der Waals surface area contributed by atoms with Crippen LogP contribution in [0.25, 0.3) is 11.2 Å². The Bertz CT molecular complexity index is 927. The molecule has 1 aliphatic carbocycles. The standard InChI is InChI=1S/C21H33ClN4O3Si/c1-20(2,3)30(6,7)27-9-8-13-10-14(17-16(13)28-21(4,5)29-17)26-12-25-15-18(22)23-11-24-19(15)26/h11-14,16-17H,8-10H2,1-7H3/t13-,14+,16+,17-/m0/s1. The lowest BCUT2D eigenvalue weighted by atomic mass is 10.0. The first-order chi connectivity index (χ1) is 13.9. The Kier molecular flexibility index (Phi) is 5.55. The molecule has 0 spiro atoms. The molecule has 1 aliphatic heterocycles. The molecule has 0 amide bonds. The fraction of sp³-hybridized carbons (Fsp3) is 0.762. The van der Waals surface area contributed by atoms with Crippen LogP contribution in [0.5, 0.6) is 0 Å². The molecule has 0 unspecified atom stereocenters. The van der Waals surface area contributed by atoms with E-state index in [1.807, 2.05) is 13.8 Å². The first-order valence-corrected chi connectivity index (χ1v) is 14.0. The van der Waals surface area contributed by atoms with Crippen molar-refractivity contribution >= 4 is 31.1 Å². The number of rotatable bonds is 5. The maximum Gasteiger partial charge on any atom is 0.191 e. The van der Waals surface area contributed by atoms with Crippen molar-refractivity contribution in [1.82, 2.24) is 19.5 Å². The molecule has 4 rings (SSSR count). The summed E-state index contributed by atoms with van der Waals surface area (Å²) in [5, 5.41) is 0.578. The van der Waals surface area contributed by atoms with Crippen molar-refractivity contribution in [2.45, 2.75) is 89.6 Å². The van der Waals surface area contributed by atoms with Gasteiger partial charge in [-0.05, 0) is 50.7 Å². The van der Waals surface area contributed by atoms with E-state index < -0.39 is 14.1 Å². The number of hydrogen-bond acceptors (Lipinski definition) is 6. The smallest absolute Gasteiger partial charge is 0.191 e. The number of halogens is 1. The Labute approximate surface area is 184 Å². The number of ether oxygens (including phenoxy) is 2. The van der Waals surface area contributed by atoms with Gasteiger partial charge in [-0.15, -0.1) is 0 Å². The summed E-state index contributed by atoms with van der Waals surface area (Å²) in [6.45, 7) is 16.1. The molecule has 1 saturated heterocycles. The minimum Gasteiger partial charge on any atom is -0.417 e. The number of imidazole rings is 1. The summed E-state index contributed by atoms with van der Waals surface area (Å²) in [6.07, 6.45) is 5.14. The highest BCUT2D eigenvalue weighted by atomic mass is 35.5. The monoisotopic (exact) mass is 452 g/mol. The fourth-order valence-electron chi connectivity index (χ4n) is 4.36. The van der Waals surface area contributed by atoms with Gasteiger partial charge in [0.1, 0.15) is 17.9 Å². The van der Waals surface area contributed by atoms with Gasteiger partial charge in [0.15, 0.2) is 24.9 Å². The van der Waals surface area contributed by atoms with Gasteiger partial charge in [0.05, 0.1) is 18.5 Å². The Morgan fingerprint density at radius 1 is 1.20 bits per heavy atom. The van der Waals surface area contributed by atoms with Crippen molar-refractivity contribution < 1.29 is 13.9 Å². The lowest BCUT2D eigenvalue weighted by molar-refractivity contribution is -0.160. The van der Waals surface area contributed by atoms with E-state index >= 15 is 0 Å². The summed E-state index contributed by atoms with van der Waals surface area (Å²) >= 11 is 6.21. The summed E-state index contributed by atoms with van der Waals surface area (Å²) in [5.74, 6) is -0.253. The van der Waals surface area contributed by atoms with E-state index in [0.29, 0.717) is 16.6 Å². The average Bonchev–Trinajstić information content (AvgIpc) is 3.26. The van der Waals surface area contributed by atoms with Crippen molar-refractivity contribution in [2.24, 2.45) is 5.92 Å². The molecule has 3 heterocycles. The second kappa shape index (κ2) is 7.51. The molecule has 166 valence electrons. The number of hydrogen-bond donors (Lipinski definition) is 0. The number of aromatic nitrogens is 4. The van der Waals surface area contributed by atoms with Crippen molar-refractivity contribution in [3.63, 3.8) is 0 Å². The molecular weight excluding hydrogens is 420 g/mol. The molecule has 1 saturated carbocycles. The van der Waals surface area contributed by atoms with Crippen molar-refractivity contribution in [2.75, 3.05) is 6.61 Å². The zero-order valence-corrected chi connectivity index (χ0v) is 20.7. The van der Waals surface area contributed by atoms with Gasteiger partial charge in [0.2, 0.25) is 0 Å². The Morgan fingerprint density at radius 2 is 1.90 bits per heavy atom. The lowest BCUT2D eigenvalue weighted by Crippen LogP contribution is -2.41. The van der Waals surface area contributed by atoms with Gasteiger partial charge in [-0.25, -0.2) is 15.0 Å². The van der Waals surface area contributed by atoms with Crippen molar-refractivity contribution in [3.8, 4) is 0 Å². The minimum atomic E-state index is -1.77. The molecule has 0 N–H and O–H groups in total. The second-order valence-corrected chi connectivity index (χ2v) is 15.7. The van der Waals surface area contributed by atoms with E-state index in [9.17, 15) is 0 Å². The van der Waals surface area contributed by atoms with E-state index in [1.165, 1.54) is 6.33 Å². The largest absolute Gasteiger partial charge is 0.417 e. The van der Waals surface area contributed by atoms with E-state index in [0.717, 1.165) is 25.1 Å². The molecule has 2 fully saturated rings. The highest BCUT2D eigenvalue weighted by Crippen LogP contribution is 2.49. The van der Waals surface area contributed by atoms with Crippen LogP contribution in [0.2, 0.25) is 23.3 Å². The SMILES string of the molecule is CC1(C)O[C@@H]2[C@@H](CCO[Si](C)(C)C(C)(C)C)C[C@@H](n3cnc4c(Cl)ncnc43)[C@@H]2O1. The Hall–Kier alpha value is -1.06. The van der Waals surface area contributed by atoms with E-state index in [1.54, 1.807) is 6.33 Å². The maximum absolute atomic E-state index is 6.45. The van der Waals surface area contributed by atoms with E-state index in [-0.39, 0.29) is 23.3 Å². The molecule has 0 bridgehead atoms. The molecule has 4 atom stereocenters. The predicted octanol–water partition coefficient (Wildman–Crippen LogP) is 4.97. The van der Waals surface area contributed by atoms with Crippen LogP contribution < -0.4 is 0 Å². The maximum atomic E-state index is 6.45. The van der Waals surface area contributed by atoms with Crippen LogP contribution in [0.4, 0.5) is 0 Å².